The van der Waals surface area contributed by atoms with Gasteiger partial charge in [-0.25, -0.2) is 0 Å². The van der Waals surface area contributed by atoms with Gasteiger partial charge >= 0.3 is 0 Å². The molecule has 1 heteroatoms. The van der Waals surface area contributed by atoms with Crippen LogP contribution in [0.15, 0.2) is 78.9 Å². The van der Waals surface area contributed by atoms with Gasteiger partial charge in [0.15, 0.2) is 0 Å². The van der Waals surface area contributed by atoms with Gasteiger partial charge in [-0.15, -0.1) is 0 Å². The Balaban J connectivity index is 1.57. The summed E-state index contributed by atoms with van der Waals surface area (Å²) in [5.74, 6) is 1.03. The summed E-state index contributed by atoms with van der Waals surface area (Å²) in [6, 6.07) is 27.6. The molecular weight excluding hydrogens is 268 g/mol. The smallest absolute Gasteiger partial charge is 0.124 e. The lowest BCUT2D eigenvalue weighted by Gasteiger charge is -2.26. The molecule has 0 N–H and O–H groups in total. The van der Waals surface area contributed by atoms with E-state index in [9.17, 15) is 0 Å². The van der Waals surface area contributed by atoms with Crippen molar-refractivity contribution in [3.63, 3.8) is 0 Å². The average molecular weight is 286 g/mol. The Bertz CT molecular complexity index is 759. The minimum Gasteiger partial charge on any atom is -0.485 e. The van der Waals surface area contributed by atoms with Crippen LogP contribution in [0.2, 0.25) is 0 Å². The third-order valence-electron chi connectivity index (χ3n) is 4.31. The third kappa shape index (κ3) is 2.50. The summed E-state index contributed by atoms with van der Waals surface area (Å²) in [6.45, 7) is 0. The molecule has 1 heterocycles. The molecule has 4 rings (SSSR count). The number of rotatable bonds is 2. The summed E-state index contributed by atoms with van der Waals surface area (Å²) < 4.78 is 6.16. The van der Waals surface area contributed by atoms with Crippen molar-refractivity contribution in [2.24, 2.45) is 0 Å². The highest BCUT2D eigenvalue weighted by atomic mass is 16.5. The van der Waals surface area contributed by atoms with E-state index in [0.717, 1.165) is 18.6 Å². The van der Waals surface area contributed by atoms with E-state index in [4.69, 9.17) is 4.74 Å². The minimum absolute atomic E-state index is 0.166. The van der Waals surface area contributed by atoms with Crippen LogP contribution in [0.4, 0.5) is 0 Å². The van der Waals surface area contributed by atoms with Gasteiger partial charge in [0.05, 0.1) is 0 Å². The molecule has 0 saturated carbocycles. The van der Waals surface area contributed by atoms with Gasteiger partial charge in [-0.1, -0.05) is 72.8 Å². The molecular formula is C21H18O. The molecule has 0 aromatic heterocycles. The summed E-state index contributed by atoms with van der Waals surface area (Å²) in [4.78, 5) is 0. The number of ether oxygens (including phenoxy) is 1. The molecule has 1 aliphatic rings. The molecule has 0 amide bonds. The molecule has 0 bridgehead atoms. The standard InChI is InChI=1S/C21H18O/c1-2-6-16(7-3-1)17-10-12-19(13-11-17)21-15-14-18-8-4-5-9-20(18)22-21/h1-13,21H,14-15H2. The maximum Gasteiger partial charge on any atom is 0.124 e. The zero-order chi connectivity index (χ0) is 14.8. The van der Waals surface area contributed by atoms with Crippen LogP contribution in [-0.2, 0) is 6.42 Å². The summed E-state index contributed by atoms with van der Waals surface area (Å²) in [5.41, 5.74) is 5.08. The summed E-state index contributed by atoms with van der Waals surface area (Å²) >= 11 is 0. The van der Waals surface area contributed by atoms with E-state index in [1.165, 1.54) is 22.3 Å². The van der Waals surface area contributed by atoms with E-state index in [2.05, 4.69) is 66.7 Å². The zero-order valence-corrected chi connectivity index (χ0v) is 12.4. The molecule has 0 aliphatic carbocycles. The lowest BCUT2D eigenvalue weighted by Crippen LogP contribution is -2.14. The normalized spacial score (nSPS) is 16.6. The Morgan fingerprint density at radius 2 is 1.36 bits per heavy atom. The highest BCUT2D eigenvalue weighted by Gasteiger charge is 2.20. The van der Waals surface area contributed by atoms with Crippen LogP contribution in [0, 0.1) is 0 Å². The minimum atomic E-state index is 0.166. The van der Waals surface area contributed by atoms with Crippen molar-refractivity contribution in [1.29, 1.82) is 0 Å². The van der Waals surface area contributed by atoms with Crippen LogP contribution in [0.3, 0.4) is 0 Å². The monoisotopic (exact) mass is 286 g/mol. The predicted molar refractivity (Wildman–Crippen MR) is 90.0 cm³/mol. The molecule has 0 fully saturated rings. The maximum absolute atomic E-state index is 6.16. The molecule has 0 saturated heterocycles. The van der Waals surface area contributed by atoms with Crippen molar-refractivity contribution < 1.29 is 4.74 Å². The Kier molecular flexibility index (Phi) is 3.40. The van der Waals surface area contributed by atoms with Gasteiger partial charge < -0.3 is 4.74 Å². The van der Waals surface area contributed by atoms with E-state index >= 15 is 0 Å². The maximum atomic E-state index is 6.16. The lowest BCUT2D eigenvalue weighted by molar-refractivity contribution is 0.176. The molecule has 1 nitrogen and oxygen atoms in total. The Morgan fingerprint density at radius 3 is 2.18 bits per heavy atom. The number of para-hydroxylation sites is 1. The van der Waals surface area contributed by atoms with Gasteiger partial charge in [-0.3, -0.25) is 0 Å². The first kappa shape index (κ1) is 13.1. The van der Waals surface area contributed by atoms with Crippen molar-refractivity contribution in [2.75, 3.05) is 0 Å². The summed E-state index contributed by atoms with van der Waals surface area (Å²) in [7, 11) is 0. The number of hydrogen-bond donors (Lipinski definition) is 0. The SMILES string of the molecule is c1ccc(-c2ccc(C3CCc4ccccc4O3)cc2)cc1. The molecule has 0 radical (unpaired) electrons. The lowest BCUT2D eigenvalue weighted by atomic mass is 9.96. The van der Waals surface area contributed by atoms with Gasteiger partial charge in [0.2, 0.25) is 0 Å². The Labute approximate surface area is 131 Å². The fourth-order valence-electron chi connectivity index (χ4n) is 3.08. The van der Waals surface area contributed by atoms with Crippen LogP contribution < -0.4 is 4.74 Å². The van der Waals surface area contributed by atoms with Crippen LogP contribution in [-0.4, -0.2) is 0 Å². The molecule has 3 aromatic rings. The average Bonchev–Trinajstić information content (AvgIpc) is 2.62. The Morgan fingerprint density at radius 1 is 0.682 bits per heavy atom. The van der Waals surface area contributed by atoms with E-state index in [-0.39, 0.29) is 6.10 Å². The molecule has 1 aliphatic heterocycles. The van der Waals surface area contributed by atoms with Crippen LogP contribution >= 0.6 is 0 Å². The molecule has 3 aromatic carbocycles. The number of hydrogen-bond acceptors (Lipinski definition) is 1. The first-order valence-electron chi connectivity index (χ1n) is 7.80. The second kappa shape index (κ2) is 5.69. The van der Waals surface area contributed by atoms with E-state index in [0.29, 0.717) is 0 Å². The first-order valence-corrected chi connectivity index (χ1v) is 7.80. The molecule has 0 spiro atoms. The van der Waals surface area contributed by atoms with Crippen molar-refractivity contribution in [1.82, 2.24) is 0 Å². The largest absolute Gasteiger partial charge is 0.485 e. The van der Waals surface area contributed by atoms with Crippen LogP contribution in [0.5, 0.6) is 5.75 Å². The van der Waals surface area contributed by atoms with Gasteiger partial charge in [-0.2, -0.15) is 0 Å². The highest BCUT2D eigenvalue weighted by Crippen LogP contribution is 2.35. The summed E-state index contributed by atoms with van der Waals surface area (Å²) in [6.07, 6.45) is 2.29. The van der Waals surface area contributed by atoms with Crippen molar-refractivity contribution in [3.05, 3.63) is 90.0 Å². The van der Waals surface area contributed by atoms with Crippen molar-refractivity contribution >= 4 is 0 Å². The van der Waals surface area contributed by atoms with Crippen molar-refractivity contribution in [2.45, 2.75) is 18.9 Å². The topological polar surface area (TPSA) is 9.23 Å². The van der Waals surface area contributed by atoms with Gasteiger partial charge in [0.25, 0.3) is 0 Å². The second-order valence-corrected chi connectivity index (χ2v) is 5.74. The van der Waals surface area contributed by atoms with Gasteiger partial charge in [0.1, 0.15) is 11.9 Å². The predicted octanol–water partition coefficient (Wildman–Crippen LogP) is 5.42. The fourth-order valence-corrected chi connectivity index (χ4v) is 3.08. The first-order chi connectivity index (χ1) is 10.9. The molecule has 108 valence electrons. The van der Waals surface area contributed by atoms with E-state index in [1.807, 2.05) is 12.1 Å². The molecule has 1 unspecified atom stereocenters. The molecule has 22 heavy (non-hydrogen) atoms. The van der Waals surface area contributed by atoms with Gasteiger partial charge in [0, 0.05) is 0 Å². The van der Waals surface area contributed by atoms with Crippen molar-refractivity contribution in [3.8, 4) is 16.9 Å². The number of fused-ring (bicyclic) bond motifs is 1. The molecule has 1 atom stereocenters. The second-order valence-electron chi connectivity index (χ2n) is 5.74. The van der Waals surface area contributed by atoms with E-state index in [1.54, 1.807) is 0 Å². The highest BCUT2D eigenvalue weighted by molar-refractivity contribution is 5.63. The fraction of sp³-hybridized carbons (Fsp3) is 0.143. The summed E-state index contributed by atoms with van der Waals surface area (Å²) in [5, 5.41) is 0. The zero-order valence-electron chi connectivity index (χ0n) is 12.4. The number of benzene rings is 3. The van der Waals surface area contributed by atoms with E-state index < -0.39 is 0 Å². The van der Waals surface area contributed by atoms with Crippen LogP contribution in [0.25, 0.3) is 11.1 Å². The van der Waals surface area contributed by atoms with Gasteiger partial charge in [-0.05, 0) is 41.2 Å². The number of aryl methyl sites for hydroxylation is 1. The quantitative estimate of drug-likeness (QED) is 0.611. The third-order valence-corrected chi connectivity index (χ3v) is 4.31. The Hall–Kier alpha value is -2.54. The van der Waals surface area contributed by atoms with Crippen LogP contribution in [0.1, 0.15) is 23.7 Å².